The highest BCUT2D eigenvalue weighted by atomic mass is 19.1. The van der Waals surface area contributed by atoms with Crippen molar-refractivity contribution in [3.63, 3.8) is 0 Å². The first kappa shape index (κ1) is 17.0. The van der Waals surface area contributed by atoms with Gasteiger partial charge in [-0.3, -0.25) is 4.98 Å². The van der Waals surface area contributed by atoms with Gasteiger partial charge in [0.25, 0.3) is 0 Å². The predicted octanol–water partition coefficient (Wildman–Crippen LogP) is 1.97. The van der Waals surface area contributed by atoms with Crippen LogP contribution >= 0.6 is 0 Å². The van der Waals surface area contributed by atoms with Crippen LogP contribution in [0.2, 0.25) is 0 Å². The molecule has 5 heteroatoms. The normalized spacial score (nSPS) is 12.8. The van der Waals surface area contributed by atoms with E-state index in [4.69, 9.17) is 5.11 Å². The molecule has 0 amide bonds. The van der Waals surface area contributed by atoms with Crippen molar-refractivity contribution in [2.75, 3.05) is 32.8 Å². The lowest BCUT2D eigenvalue weighted by atomic mass is 10.1. The minimum Gasteiger partial charge on any atom is -0.395 e. The Labute approximate surface area is 121 Å². The third-order valence-corrected chi connectivity index (χ3v) is 3.35. The van der Waals surface area contributed by atoms with Crippen molar-refractivity contribution < 1.29 is 9.50 Å². The fourth-order valence-corrected chi connectivity index (χ4v) is 2.15. The van der Waals surface area contributed by atoms with Crippen LogP contribution in [0.1, 0.15) is 38.4 Å². The van der Waals surface area contributed by atoms with Crippen LogP contribution in [0.3, 0.4) is 0 Å². The second-order valence-electron chi connectivity index (χ2n) is 4.85. The molecule has 1 atom stereocenters. The molecule has 0 aromatic carbocycles. The van der Waals surface area contributed by atoms with E-state index in [1.54, 1.807) is 6.07 Å². The fraction of sp³-hybridized carbons (Fsp3) is 0.667. The van der Waals surface area contributed by atoms with Gasteiger partial charge < -0.3 is 15.3 Å². The van der Waals surface area contributed by atoms with Crippen molar-refractivity contribution >= 4 is 0 Å². The average Bonchev–Trinajstić information content (AvgIpc) is 2.47. The molecule has 114 valence electrons. The summed E-state index contributed by atoms with van der Waals surface area (Å²) >= 11 is 0. The Hall–Kier alpha value is -1.04. The third-order valence-electron chi connectivity index (χ3n) is 3.35. The predicted molar refractivity (Wildman–Crippen MR) is 79.0 cm³/mol. The Bertz CT molecular complexity index is 359. The monoisotopic (exact) mass is 283 g/mol. The van der Waals surface area contributed by atoms with Gasteiger partial charge in [-0.1, -0.05) is 13.8 Å². The SMILES string of the molecule is CCCNC(CCN(CC)CCO)c1ccc(F)cn1. The number of nitrogens with one attached hydrogen (secondary N) is 1. The van der Waals surface area contributed by atoms with Crippen LogP contribution in [0.15, 0.2) is 18.3 Å². The van der Waals surface area contributed by atoms with E-state index in [1.165, 1.54) is 12.3 Å². The Balaban J connectivity index is 2.61. The van der Waals surface area contributed by atoms with E-state index < -0.39 is 0 Å². The number of aliphatic hydroxyl groups excluding tert-OH is 1. The van der Waals surface area contributed by atoms with Crippen LogP contribution in [0.4, 0.5) is 4.39 Å². The van der Waals surface area contributed by atoms with E-state index in [-0.39, 0.29) is 18.5 Å². The molecular weight excluding hydrogens is 257 g/mol. The maximum Gasteiger partial charge on any atom is 0.141 e. The highest BCUT2D eigenvalue weighted by molar-refractivity contribution is 5.10. The summed E-state index contributed by atoms with van der Waals surface area (Å²) in [5.74, 6) is -0.307. The largest absolute Gasteiger partial charge is 0.395 e. The van der Waals surface area contributed by atoms with E-state index in [0.717, 1.165) is 38.2 Å². The first-order chi connectivity index (χ1) is 9.71. The molecule has 4 nitrogen and oxygen atoms in total. The highest BCUT2D eigenvalue weighted by Gasteiger charge is 2.13. The molecule has 2 N–H and O–H groups in total. The van der Waals surface area contributed by atoms with E-state index in [0.29, 0.717) is 6.54 Å². The van der Waals surface area contributed by atoms with Gasteiger partial charge in [-0.15, -0.1) is 0 Å². The maximum absolute atomic E-state index is 13.0. The number of rotatable bonds is 10. The Morgan fingerprint density at radius 3 is 2.70 bits per heavy atom. The smallest absolute Gasteiger partial charge is 0.141 e. The van der Waals surface area contributed by atoms with E-state index in [2.05, 4.69) is 29.0 Å². The van der Waals surface area contributed by atoms with E-state index >= 15 is 0 Å². The Morgan fingerprint density at radius 1 is 1.35 bits per heavy atom. The summed E-state index contributed by atoms with van der Waals surface area (Å²) in [4.78, 5) is 6.37. The molecule has 0 aliphatic rings. The lowest BCUT2D eigenvalue weighted by Gasteiger charge is -2.23. The molecule has 0 fully saturated rings. The molecule has 0 spiro atoms. The van der Waals surface area contributed by atoms with Crippen molar-refractivity contribution in [2.24, 2.45) is 0 Å². The zero-order valence-electron chi connectivity index (χ0n) is 12.5. The first-order valence-electron chi connectivity index (χ1n) is 7.39. The van der Waals surface area contributed by atoms with Crippen LogP contribution in [-0.2, 0) is 0 Å². The molecule has 1 unspecified atom stereocenters. The van der Waals surface area contributed by atoms with Crippen LogP contribution in [0.25, 0.3) is 0 Å². The summed E-state index contributed by atoms with van der Waals surface area (Å²) in [5.41, 5.74) is 0.875. The molecule has 0 saturated carbocycles. The summed E-state index contributed by atoms with van der Waals surface area (Å²) < 4.78 is 13.0. The number of nitrogens with zero attached hydrogens (tertiary/aromatic N) is 2. The lowest BCUT2D eigenvalue weighted by molar-refractivity contribution is 0.195. The molecule has 1 rings (SSSR count). The van der Waals surface area contributed by atoms with Crippen molar-refractivity contribution in [3.05, 3.63) is 29.8 Å². The van der Waals surface area contributed by atoms with Crippen LogP contribution in [-0.4, -0.2) is 47.8 Å². The number of pyridine rings is 1. The molecule has 1 aromatic heterocycles. The fourth-order valence-electron chi connectivity index (χ4n) is 2.15. The zero-order valence-corrected chi connectivity index (χ0v) is 12.5. The van der Waals surface area contributed by atoms with Gasteiger partial charge in [0.15, 0.2) is 0 Å². The van der Waals surface area contributed by atoms with E-state index in [1.807, 2.05) is 0 Å². The summed E-state index contributed by atoms with van der Waals surface area (Å²) in [6.07, 6.45) is 3.21. The molecule has 0 aliphatic heterocycles. The van der Waals surface area contributed by atoms with Gasteiger partial charge in [-0.25, -0.2) is 4.39 Å². The zero-order chi connectivity index (χ0) is 14.8. The van der Waals surface area contributed by atoms with Gasteiger partial charge in [0.1, 0.15) is 5.82 Å². The van der Waals surface area contributed by atoms with Gasteiger partial charge in [-0.2, -0.15) is 0 Å². The maximum atomic E-state index is 13.0. The third kappa shape index (κ3) is 5.94. The lowest BCUT2D eigenvalue weighted by Crippen LogP contribution is -2.32. The number of hydrogen-bond donors (Lipinski definition) is 2. The minimum absolute atomic E-state index is 0.128. The van der Waals surface area contributed by atoms with Crippen molar-refractivity contribution in [2.45, 2.75) is 32.7 Å². The molecular formula is C15H26FN3O. The number of hydrogen-bond acceptors (Lipinski definition) is 4. The van der Waals surface area contributed by atoms with Gasteiger partial charge in [0.2, 0.25) is 0 Å². The second-order valence-corrected chi connectivity index (χ2v) is 4.85. The van der Waals surface area contributed by atoms with Crippen molar-refractivity contribution in [3.8, 4) is 0 Å². The molecule has 0 saturated heterocycles. The summed E-state index contributed by atoms with van der Waals surface area (Å²) in [6, 6.07) is 3.32. The Morgan fingerprint density at radius 2 is 2.15 bits per heavy atom. The number of likely N-dealkylation sites (N-methyl/N-ethyl adjacent to an activating group) is 1. The van der Waals surface area contributed by atoms with Crippen LogP contribution < -0.4 is 5.32 Å². The van der Waals surface area contributed by atoms with Crippen molar-refractivity contribution in [1.82, 2.24) is 15.2 Å². The molecule has 0 aliphatic carbocycles. The standard InChI is InChI=1S/C15H26FN3O/c1-3-8-17-15(7-9-19(4-2)10-11-20)14-6-5-13(16)12-18-14/h5-6,12,15,17,20H,3-4,7-11H2,1-2H3. The van der Waals surface area contributed by atoms with Gasteiger partial charge >= 0.3 is 0 Å². The van der Waals surface area contributed by atoms with Crippen LogP contribution in [0, 0.1) is 5.82 Å². The number of halogens is 1. The van der Waals surface area contributed by atoms with Crippen molar-refractivity contribution in [1.29, 1.82) is 0 Å². The van der Waals surface area contributed by atoms with E-state index in [9.17, 15) is 4.39 Å². The Kier molecular flexibility index (Phi) is 8.34. The summed E-state index contributed by atoms with van der Waals surface area (Å²) in [7, 11) is 0. The quantitative estimate of drug-likeness (QED) is 0.689. The summed E-state index contributed by atoms with van der Waals surface area (Å²) in [6.45, 7) is 7.78. The van der Waals surface area contributed by atoms with Gasteiger partial charge in [-0.05, 0) is 38.1 Å². The van der Waals surface area contributed by atoms with Gasteiger partial charge in [0, 0.05) is 13.1 Å². The minimum atomic E-state index is -0.307. The summed E-state index contributed by atoms with van der Waals surface area (Å²) in [5, 5.41) is 12.5. The van der Waals surface area contributed by atoms with Gasteiger partial charge in [0.05, 0.1) is 24.5 Å². The topological polar surface area (TPSA) is 48.4 Å². The molecule has 1 heterocycles. The number of aromatic nitrogens is 1. The first-order valence-corrected chi connectivity index (χ1v) is 7.39. The second kappa shape index (κ2) is 9.80. The van der Waals surface area contributed by atoms with Crippen LogP contribution in [0.5, 0.6) is 0 Å². The molecule has 0 radical (unpaired) electrons. The molecule has 0 bridgehead atoms. The number of aliphatic hydroxyl groups is 1. The molecule has 20 heavy (non-hydrogen) atoms. The average molecular weight is 283 g/mol. The highest BCUT2D eigenvalue weighted by Crippen LogP contribution is 2.15. The molecule has 1 aromatic rings.